The number of thiazole rings is 1. The highest BCUT2D eigenvalue weighted by Gasteiger charge is 2.15. The van der Waals surface area contributed by atoms with E-state index in [1.54, 1.807) is 18.4 Å². The highest BCUT2D eigenvalue weighted by Crippen LogP contribution is 2.32. The lowest BCUT2D eigenvalue weighted by Crippen LogP contribution is -2.11. The van der Waals surface area contributed by atoms with Crippen LogP contribution in [-0.2, 0) is 19.0 Å². The van der Waals surface area contributed by atoms with Gasteiger partial charge in [0.25, 0.3) is 10.1 Å². The Morgan fingerprint density at radius 1 is 1.06 bits per heavy atom. The molecule has 11 heteroatoms. The highest BCUT2D eigenvalue weighted by atomic mass is 32.2. The van der Waals surface area contributed by atoms with Gasteiger partial charge < -0.3 is 19.9 Å². The minimum Gasteiger partial charge on any atom is -0.478 e. The average molecular weight is 529 g/mol. The fourth-order valence-electron chi connectivity index (χ4n) is 3.28. The van der Waals surface area contributed by atoms with E-state index in [-0.39, 0.29) is 23.9 Å². The molecule has 1 heterocycles. The van der Waals surface area contributed by atoms with Crippen molar-refractivity contribution >= 4 is 43.3 Å². The molecule has 9 nitrogen and oxygen atoms in total. The van der Waals surface area contributed by atoms with Crippen LogP contribution in [0.2, 0.25) is 0 Å². The minimum absolute atomic E-state index is 0.00408. The quantitative estimate of drug-likeness (QED) is 0.151. The summed E-state index contributed by atoms with van der Waals surface area (Å²) in [5, 5.41) is 13.0. The van der Waals surface area contributed by atoms with Crippen molar-refractivity contribution in [3.05, 3.63) is 72.3 Å². The maximum atomic E-state index is 12.2. The summed E-state index contributed by atoms with van der Waals surface area (Å²) in [5.41, 5.74) is 2.79. The normalized spacial score (nSPS) is 11.5. The number of carbonyl (C=O) groups is 1. The summed E-state index contributed by atoms with van der Waals surface area (Å²) in [4.78, 5) is 15.5. The van der Waals surface area contributed by atoms with Gasteiger partial charge in [0, 0.05) is 24.9 Å². The Hall–Kier alpha value is -3.51. The summed E-state index contributed by atoms with van der Waals surface area (Å²) in [6.07, 6.45) is 0.458. The second kappa shape index (κ2) is 11.5. The molecule has 0 aliphatic heterocycles. The number of nitrogens with one attached hydrogen (secondary N) is 1. The summed E-state index contributed by atoms with van der Waals surface area (Å²) in [5.74, 6) is -0.395. The van der Waals surface area contributed by atoms with E-state index in [1.807, 2.05) is 42.5 Å². The summed E-state index contributed by atoms with van der Waals surface area (Å²) in [6, 6.07) is 18.5. The molecule has 188 valence electrons. The first-order valence-electron chi connectivity index (χ1n) is 11.0. The van der Waals surface area contributed by atoms with E-state index in [0.29, 0.717) is 13.0 Å². The molecule has 0 fully saturated rings. The largest absolute Gasteiger partial charge is 0.478 e. The number of aromatic nitrogens is 1. The Kier molecular flexibility index (Phi) is 8.16. The van der Waals surface area contributed by atoms with Gasteiger partial charge >= 0.3 is 5.97 Å². The molecule has 4 rings (SSSR count). The molecule has 0 aliphatic carbocycles. The molecule has 3 aromatic carbocycles. The van der Waals surface area contributed by atoms with Crippen LogP contribution in [0.15, 0.2) is 71.6 Å². The van der Waals surface area contributed by atoms with Crippen LogP contribution in [0.25, 0.3) is 20.8 Å². The lowest BCUT2D eigenvalue weighted by molar-refractivity contribution is 0.0512. The van der Waals surface area contributed by atoms with Crippen LogP contribution < -0.4 is 10.1 Å². The lowest BCUT2D eigenvalue weighted by atomic mass is 10.2. The molecule has 1 aromatic heterocycles. The Morgan fingerprint density at radius 2 is 1.81 bits per heavy atom. The molecule has 0 radical (unpaired) electrons. The number of hydrogen-bond donors (Lipinski definition) is 2. The molecule has 0 atom stereocenters. The summed E-state index contributed by atoms with van der Waals surface area (Å²) in [7, 11) is -2.37. The average Bonchev–Trinajstić information content (AvgIpc) is 3.31. The van der Waals surface area contributed by atoms with Crippen molar-refractivity contribution in [1.29, 1.82) is 0 Å². The van der Waals surface area contributed by atoms with Crippen LogP contribution >= 0.6 is 11.3 Å². The number of benzene rings is 3. The zero-order valence-electron chi connectivity index (χ0n) is 19.3. The van der Waals surface area contributed by atoms with Crippen molar-refractivity contribution < 1.29 is 32.0 Å². The number of ether oxygens (including phenoxy) is 2. The number of fused-ring (bicyclic) bond motifs is 1. The van der Waals surface area contributed by atoms with Gasteiger partial charge in [0.15, 0.2) is 6.79 Å². The molecule has 0 spiro atoms. The van der Waals surface area contributed by atoms with Crippen molar-refractivity contribution in [2.24, 2.45) is 0 Å². The molecule has 0 bridgehead atoms. The molecule has 0 amide bonds. The number of carboxylic acid groups (broad SMARTS) is 1. The molecule has 0 saturated carbocycles. The van der Waals surface area contributed by atoms with Gasteiger partial charge in [0.05, 0.1) is 27.3 Å². The molecule has 4 aromatic rings. The first-order chi connectivity index (χ1) is 17.4. The van der Waals surface area contributed by atoms with Gasteiger partial charge in [0.1, 0.15) is 10.8 Å². The van der Waals surface area contributed by atoms with Crippen molar-refractivity contribution in [1.82, 2.24) is 4.98 Å². The molecule has 36 heavy (non-hydrogen) atoms. The van der Waals surface area contributed by atoms with Crippen molar-refractivity contribution in [3.63, 3.8) is 0 Å². The summed E-state index contributed by atoms with van der Waals surface area (Å²) in [6.45, 7) is 0.698. The smallest absolute Gasteiger partial charge is 0.335 e. The minimum atomic E-state index is -3.94. The number of carboxylic acids is 1. The van der Waals surface area contributed by atoms with E-state index < -0.39 is 16.1 Å². The van der Waals surface area contributed by atoms with E-state index >= 15 is 0 Å². The van der Waals surface area contributed by atoms with Crippen LogP contribution in [-0.4, -0.2) is 51.5 Å². The van der Waals surface area contributed by atoms with Gasteiger partial charge in [-0.25, -0.2) is 9.78 Å². The van der Waals surface area contributed by atoms with Crippen molar-refractivity contribution in [2.75, 3.05) is 32.4 Å². The van der Waals surface area contributed by atoms with Crippen molar-refractivity contribution in [3.8, 4) is 16.3 Å². The van der Waals surface area contributed by atoms with Crippen LogP contribution in [0.1, 0.15) is 16.8 Å². The third-order valence-electron chi connectivity index (χ3n) is 5.11. The molecular formula is C25H24N2O7S2. The fourth-order valence-corrected chi connectivity index (χ4v) is 5.22. The fraction of sp³-hybridized carbons (Fsp3) is 0.200. The Labute approximate surface area is 212 Å². The zero-order chi connectivity index (χ0) is 25.5. The van der Waals surface area contributed by atoms with Crippen molar-refractivity contribution in [2.45, 2.75) is 11.3 Å². The predicted octanol–water partition coefficient (Wildman–Crippen LogP) is 4.85. The second-order valence-corrected chi connectivity index (χ2v) is 10.3. The van der Waals surface area contributed by atoms with E-state index in [2.05, 4.69) is 5.32 Å². The third kappa shape index (κ3) is 6.38. The summed E-state index contributed by atoms with van der Waals surface area (Å²) >= 11 is 1.58. The molecule has 0 saturated heterocycles. The maximum Gasteiger partial charge on any atom is 0.335 e. The van der Waals surface area contributed by atoms with Gasteiger partial charge in [-0.05, 0) is 73.2 Å². The number of anilines is 1. The van der Waals surface area contributed by atoms with Gasteiger partial charge in [0.2, 0.25) is 0 Å². The summed E-state index contributed by atoms with van der Waals surface area (Å²) < 4.78 is 41.0. The molecule has 0 unspecified atom stereocenters. The van der Waals surface area contributed by atoms with E-state index in [9.17, 15) is 13.2 Å². The monoisotopic (exact) mass is 528 g/mol. The van der Waals surface area contributed by atoms with Gasteiger partial charge in [-0.1, -0.05) is 0 Å². The van der Waals surface area contributed by atoms with Crippen LogP contribution in [0.5, 0.6) is 5.75 Å². The van der Waals surface area contributed by atoms with Gasteiger partial charge in [-0.15, -0.1) is 11.3 Å². The van der Waals surface area contributed by atoms with Crippen LogP contribution in [0, 0.1) is 0 Å². The highest BCUT2D eigenvalue weighted by molar-refractivity contribution is 7.86. The SMILES string of the molecule is COCOc1ccc2nc(-c3ccc(NCCCOS(=O)(=O)c4ccc(C(=O)O)cc4)cc3)sc2c1. The predicted molar refractivity (Wildman–Crippen MR) is 137 cm³/mol. The Balaban J connectivity index is 1.27. The zero-order valence-corrected chi connectivity index (χ0v) is 21.0. The molecule has 2 N–H and O–H groups in total. The van der Waals surface area contributed by atoms with Gasteiger partial charge in [-0.2, -0.15) is 8.42 Å². The number of rotatable bonds is 12. The topological polar surface area (TPSA) is 124 Å². The number of aromatic carboxylic acids is 1. The van der Waals surface area contributed by atoms with E-state index in [0.717, 1.165) is 32.2 Å². The standard InChI is InChI=1S/C25H24N2O7S2/c1-32-16-33-20-9-12-22-23(15-20)35-24(27-22)17-3-7-19(8-4-17)26-13-2-14-34-36(30,31)21-10-5-18(6-11-21)25(28)29/h3-12,15,26H,2,13-14,16H2,1H3,(H,28,29). The maximum absolute atomic E-state index is 12.2. The number of hydrogen-bond acceptors (Lipinski definition) is 9. The molecule has 0 aliphatic rings. The first-order valence-corrected chi connectivity index (χ1v) is 13.2. The first kappa shape index (κ1) is 25.6. The Morgan fingerprint density at radius 3 is 2.50 bits per heavy atom. The van der Waals surface area contributed by atoms with E-state index in [4.69, 9.17) is 23.7 Å². The third-order valence-corrected chi connectivity index (χ3v) is 7.51. The Bertz CT molecular complexity index is 1430. The molecular weight excluding hydrogens is 504 g/mol. The lowest BCUT2D eigenvalue weighted by Gasteiger charge is -2.08. The number of nitrogens with zero attached hydrogens (tertiary/aromatic N) is 1. The van der Waals surface area contributed by atoms with Crippen LogP contribution in [0.3, 0.4) is 0 Å². The second-order valence-electron chi connectivity index (χ2n) is 7.66. The van der Waals surface area contributed by atoms with E-state index in [1.165, 1.54) is 24.3 Å². The number of methoxy groups -OCH3 is 1. The van der Waals surface area contributed by atoms with Crippen LogP contribution in [0.4, 0.5) is 5.69 Å². The van der Waals surface area contributed by atoms with Gasteiger partial charge in [-0.3, -0.25) is 4.18 Å².